The zero-order valence-corrected chi connectivity index (χ0v) is 22.4. The highest BCUT2D eigenvalue weighted by Crippen LogP contribution is 2.37. The van der Waals surface area contributed by atoms with Crippen LogP contribution in [0.25, 0.3) is 21.9 Å². The van der Waals surface area contributed by atoms with Crippen LogP contribution in [0.1, 0.15) is 55.3 Å². The standard InChI is InChI=1S/C33H34N2O3/c1-5-37-32(36)26-11-8-10-25(19-26)23-15-17-28(18-16-23)38-31(22(2)21-34)30-27(20-33(3,4)35)14-13-24-9-6-7-12-29(24)30/h6-19,22,31H,5,20,35H2,1-4H3. The molecule has 0 heterocycles. The molecular formula is C33H34N2O3. The highest BCUT2D eigenvalue weighted by atomic mass is 16.5. The Morgan fingerprint density at radius 3 is 2.39 bits per heavy atom. The molecule has 0 aliphatic rings. The third-order valence-corrected chi connectivity index (χ3v) is 6.47. The first kappa shape index (κ1) is 26.9. The highest BCUT2D eigenvalue weighted by Gasteiger charge is 2.28. The topological polar surface area (TPSA) is 85.3 Å². The van der Waals surface area contributed by atoms with E-state index in [0.717, 1.165) is 33.0 Å². The lowest BCUT2D eigenvalue weighted by atomic mass is 9.84. The van der Waals surface area contributed by atoms with Gasteiger partial charge in [0.15, 0.2) is 0 Å². The van der Waals surface area contributed by atoms with E-state index in [1.807, 2.05) is 75.4 Å². The van der Waals surface area contributed by atoms with Gasteiger partial charge in [-0.3, -0.25) is 0 Å². The Kier molecular flexibility index (Phi) is 8.14. The van der Waals surface area contributed by atoms with E-state index in [4.69, 9.17) is 15.2 Å². The quantitative estimate of drug-likeness (QED) is 0.242. The number of benzene rings is 4. The van der Waals surface area contributed by atoms with Crippen molar-refractivity contribution in [2.45, 2.75) is 45.8 Å². The molecule has 0 saturated heterocycles. The Balaban J connectivity index is 1.70. The molecule has 0 aliphatic heterocycles. The molecule has 4 aromatic carbocycles. The number of nitriles is 1. The Labute approximate surface area is 224 Å². The van der Waals surface area contributed by atoms with E-state index in [1.54, 1.807) is 13.0 Å². The number of esters is 1. The van der Waals surface area contributed by atoms with Gasteiger partial charge in [0, 0.05) is 11.1 Å². The molecule has 2 N–H and O–H groups in total. The lowest BCUT2D eigenvalue weighted by molar-refractivity contribution is 0.0526. The fourth-order valence-electron chi connectivity index (χ4n) is 4.71. The second-order valence-corrected chi connectivity index (χ2v) is 10.3. The van der Waals surface area contributed by atoms with Gasteiger partial charge in [0.2, 0.25) is 0 Å². The molecule has 0 radical (unpaired) electrons. The van der Waals surface area contributed by atoms with Crippen molar-refractivity contribution in [3.05, 3.63) is 102 Å². The lowest BCUT2D eigenvalue weighted by Gasteiger charge is -2.28. The van der Waals surface area contributed by atoms with Gasteiger partial charge in [0.1, 0.15) is 11.9 Å². The molecule has 5 heteroatoms. The fraction of sp³-hybridized carbons (Fsp3) is 0.273. The van der Waals surface area contributed by atoms with E-state index in [2.05, 4.69) is 30.3 Å². The SMILES string of the molecule is CCOC(=O)c1cccc(-c2ccc(OC(c3c(CC(C)(C)N)ccc4ccccc34)C(C)C#N)cc2)c1. The van der Waals surface area contributed by atoms with Gasteiger partial charge >= 0.3 is 5.97 Å². The normalized spacial score (nSPS) is 12.9. The van der Waals surface area contributed by atoms with Crippen LogP contribution in [0.4, 0.5) is 0 Å². The summed E-state index contributed by atoms with van der Waals surface area (Å²) in [6.45, 7) is 8.02. The second kappa shape index (κ2) is 11.5. The molecule has 2 atom stereocenters. The van der Waals surface area contributed by atoms with Crippen molar-refractivity contribution in [1.29, 1.82) is 5.26 Å². The highest BCUT2D eigenvalue weighted by molar-refractivity contribution is 5.91. The van der Waals surface area contributed by atoms with Crippen LogP contribution in [0.3, 0.4) is 0 Å². The molecule has 0 amide bonds. The minimum Gasteiger partial charge on any atom is -0.484 e. The van der Waals surface area contributed by atoms with Crippen molar-refractivity contribution < 1.29 is 14.3 Å². The molecule has 0 fully saturated rings. The Morgan fingerprint density at radius 1 is 0.974 bits per heavy atom. The molecular weight excluding hydrogens is 472 g/mol. The maximum atomic E-state index is 12.2. The van der Waals surface area contributed by atoms with E-state index < -0.39 is 17.6 Å². The fourth-order valence-corrected chi connectivity index (χ4v) is 4.71. The maximum Gasteiger partial charge on any atom is 0.338 e. The molecule has 0 aromatic heterocycles. The van der Waals surface area contributed by atoms with Crippen LogP contribution < -0.4 is 10.5 Å². The summed E-state index contributed by atoms with van der Waals surface area (Å²) in [4.78, 5) is 12.2. The predicted octanol–water partition coefficient (Wildman–Crippen LogP) is 7.24. The monoisotopic (exact) mass is 506 g/mol. The number of hydrogen-bond donors (Lipinski definition) is 1. The van der Waals surface area contributed by atoms with E-state index in [0.29, 0.717) is 24.3 Å². The Bertz CT molecular complexity index is 1460. The summed E-state index contributed by atoms with van der Waals surface area (Å²) in [6, 6.07) is 29.9. The molecule has 194 valence electrons. The minimum atomic E-state index is -0.485. The summed E-state index contributed by atoms with van der Waals surface area (Å²) < 4.78 is 11.7. The molecule has 4 rings (SSSR count). The first-order chi connectivity index (χ1) is 18.2. The van der Waals surface area contributed by atoms with Gasteiger partial charge in [-0.15, -0.1) is 0 Å². The smallest absolute Gasteiger partial charge is 0.338 e. The average Bonchev–Trinajstić information content (AvgIpc) is 2.91. The number of carbonyl (C=O) groups excluding carboxylic acids is 1. The zero-order chi connectivity index (χ0) is 27.3. The van der Waals surface area contributed by atoms with Gasteiger partial charge in [-0.25, -0.2) is 4.79 Å². The van der Waals surface area contributed by atoms with Gasteiger partial charge < -0.3 is 15.2 Å². The molecule has 0 spiro atoms. The third-order valence-electron chi connectivity index (χ3n) is 6.47. The van der Waals surface area contributed by atoms with Crippen LogP contribution >= 0.6 is 0 Å². The van der Waals surface area contributed by atoms with Crippen LogP contribution in [0, 0.1) is 17.2 Å². The van der Waals surface area contributed by atoms with Crippen molar-refractivity contribution in [3.8, 4) is 22.9 Å². The van der Waals surface area contributed by atoms with Crippen LogP contribution in [-0.2, 0) is 11.2 Å². The second-order valence-electron chi connectivity index (χ2n) is 10.3. The molecule has 4 aromatic rings. The summed E-state index contributed by atoms with van der Waals surface area (Å²) in [6.07, 6.45) is 0.169. The lowest BCUT2D eigenvalue weighted by Crippen LogP contribution is -2.35. The molecule has 0 bridgehead atoms. The Hall–Kier alpha value is -4.14. The minimum absolute atomic E-state index is 0.332. The van der Waals surface area contributed by atoms with Crippen LogP contribution in [-0.4, -0.2) is 18.1 Å². The van der Waals surface area contributed by atoms with Crippen LogP contribution in [0.2, 0.25) is 0 Å². The van der Waals surface area contributed by atoms with Crippen molar-refractivity contribution >= 4 is 16.7 Å². The van der Waals surface area contributed by atoms with E-state index >= 15 is 0 Å². The molecule has 2 unspecified atom stereocenters. The number of ether oxygens (including phenoxy) is 2. The number of nitrogens with two attached hydrogens (primary N) is 1. The van der Waals surface area contributed by atoms with Crippen molar-refractivity contribution in [2.24, 2.45) is 11.7 Å². The number of hydrogen-bond acceptors (Lipinski definition) is 5. The van der Waals surface area contributed by atoms with Gasteiger partial charge in [-0.1, -0.05) is 60.7 Å². The first-order valence-electron chi connectivity index (χ1n) is 12.9. The number of rotatable bonds is 9. The molecule has 0 aliphatic carbocycles. The van der Waals surface area contributed by atoms with Crippen molar-refractivity contribution in [3.63, 3.8) is 0 Å². The molecule has 5 nitrogen and oxygen atoms in total. The van der Waals surface area contributed by atoms with Gasteiger partial charge in [0.25, 0.3) is 0 Å². The zero-order valence-electron chi connectivity index (χ0n) is 22.4. The third kappa shape index (κ3) is 6.22. The Morgan fingerprint density at radius 2 is 1.71 bits per heavy atom. The van der Waals surface area contributed by atoms with Gasteiger partial charge in [-0.05, 0) is 85.8 Å². The van der Waals surface area contributed by atoms with E-state index in [1.165, 1.54) is 0 Å². The van der Waals surface area contributed by atoms with Gasteiger partial charge in [-0.2, -0.15) is 5.26 Å². The maximum absolute atomic E-state index is 12.2. The van der Waals surface area contributed by atoms with Crippen molar-refractivity contribution in [1.82, 2.24) is 0 Å². The van der Waals surface area contributed by atoms with Gasteiger partial charge in [0.05, 0.1) is 24.2 Å². The summed E-state index contributed by atoms with van der Waals surface area (Å²) in [5.74, 6) is -0.0798. The summed E-state index contributed by atoms with van der Waals surface area (Å²) in [5, 5.41) is 12.1. The molecule has 38 heavy (non-hydrogen) atoms. The van der Waals surface area contributed by atoms with E-state index in [-0.39, 0.29) is 5.97 Å². The van der Waals surface area contributed by atoms with E-state index in [9.17, 15) is 10.1 Å². The number of fused-ring (bicyclic) bond motifs is 1. The summed E-state index contributed by atoms with van der Waals surface area (Å²) >= 11 is 0. The number of nitrogens with zero attached hydrogens (tertiary/aromatic N) is 1. The summed E-state index contributed by atoms with van der Waals surface area (Å²) in [7, 11) is 0. The van der Waals surface area contributed by atoms with Crippen molar-refractivity contribution in [2.75, 3.05) is 6.61 Å². The molecule has 0 saturated carbocycles. The first-order valence-corrected chi connectivity index (χ1v) is 12.9. The average molecular weight is 507 g/mol. The van der Waals surface area contributed by atoms with Crippen LogP contribution in [0.5, 0.6) is 5.75 Å². The number of carbonyl (C=O) groups is 1. The summed E-state index contributed by atoms with van der Waals surface area (Å²) in [5.41, 5.74) is 10.5. The predicted molar refractivity (Wildman–Crippen MR) is 152 cm³/mol. The van der Waals surface area contributed by atoms with Crippen LogP contribution in [0.15, 0.2) is 84.9 Å². The largest absolute Gasteiger partial charge is 0.484 e.